The lowest BCUT2D eigenvalue weighted by Crippen LogP contribution is -2.12. The Bertz CT molecular complexity index is 1320. The number of tetrazole rings is 1. The molecule has 0 N–H and O–H groups in total. The number of benzene rings is 2. The van der Waals surface area contributed by atoms with E-state index in [4.69, 9.17) is 16.3 Å². The first-order valence-electron chi connectivity index (χ1n) is 7.66. The van der Waals surface area contributed by atoms with Crippen molar-refractivity contribution in [1.82, 2.24) is 20.0 Å². The van der Waals surface area contributed by atoms with Gasteiger partial charge in [0, 0.05) is 10.4 Å². The first-order chi connectivity index (χ1) is 12.9. The molecule has 0 bridgehead atoms. The van der Waals surface area contributed by atoms with Gasteiger partial charge in [0.15, 0.2) is 5.65 Å². The number of carbonyl (C=O) groups excluding carboxylic acids is 1. The summed E-state index contributed by atoms with van der Waals surface area (Å²) in [7, 11) is -2.93. The highest BCUT2D eigenvalue weighted by Crippen LogP contribution is 2.30. The van der Waals surface area contributed by atoms with Crippen molar-refractivity contribution in [2.45, 2.75) is 9.79 Å². The molecule has 0 saturated carbocycles. The Balaban J connectivity index is 2.06. The Hall–Kier alpha value is -3.04. The molecule has 0 amide bonds. The van der Waals surface area contributed by atoms with Gasteiger partial charge in [-0.05, 0) is 40.8 Å². The van der Waals surface area contributed by atoms with Crippen molar-refractivity contribution in [2.24, 2.45) is 0 Å². The van der Waals surface area contributed by atoms with Gasteiger partial charge in [0.25, 0.3) is 0 Å². The van der Waals surface area contributed by atoms with Crippen LogP contribution in [0.25, 0.3) is 16.6 Å². The van der Waals surface area contributed by atoms with Crippen molar-refractivity contribution in [3.63, 3.8) is 0 Å². The molecule has 0 spiro atoms. The molecule has 2 heterocycles. The summed E-state index contributed by atoms with van der Waals surface area (Å²) in [5.74, 6) is -0.752. The van der Waals surface area contributed by atoms with Crippen molar-refractivity contribution < 1.29 is 17.9 Å². The number of sulfone groups is 1. The van der Waals surface area contributed by atoms with Gasteiger partial charge in [-0.15, -0.1) is 5.10 Å². The zero-order chi connectivity index (χ0) is 19.2. The molecule has 0 unspecified atom stereocenters. The third-order valence-corrected chi connectivity index (χ3v) is 6.12. The maximum Gasteiger partial charge on any atom is 0.339 e. The Kier molecular flexibility index (Phi) is 4.05. The second kappa shape index (κ2) is 6.29. The highest BCUT2D eigenvalue weighted by molar-refractivity contribution is 7.91. The van der Waals surface area contributed by atoms with Crippen LogP contribution in [-0.2, 0) is 14.6 Å². The number of nitrogens with zero attached hydrogens (tertiary/aromatic N) is 4. The van der Waals surface area contributed by atoms with Gasteiger partial charge in [-0.25, -0.2) is 13.2 Å². The fraction of sp³-hybridized carbons (Fsp3) is 0.0588. The number of pyridine rings is 1. The van der Waals surface area contributed by atoms with Crippen LogP contribution in [0.3, 0.4) is 0 Å². The lowest BCUT2D eigenvalue weighted by molar-refractivity contribution is 0.0596. The van der Waals surface area contributed by atoms with Crippen LogP contribution in [0, 0.1) is 0 Å². The monoisotopic (exact) mass is 402 g/mol. The largest absolute Gasteiger partial charge is 0.465 e. The number of ether oxygens (including phenoxy) is 1. The van der Waals surface area contributed by atoms with Crippen LogP contribution >= 0.6 is 11.6 Å². The molecule has 2 aromatic carbocycles. The second-order valence-corrected chi connectivity index (χ2v) is 7.94. The summed E-state index contributed by atoms with van der Waals surface area (Å²) >= 11 is 6.03. The smallest absolute Gasteiger partial charge is 0.339 e. The standard InChI is InChI=1S/C17H11ClN4O4S/c1-26-17(23)12-4-2-3-5-14(12)27(24,25)15-8-10-6-7-11(18)9-13(10)22-16(15)19-20-21-22/h2-9H,1H3. The molecule has 0 aliphatic heterocycles. The maximum atomic E-state index is 13.4. The Morgan fingerprint density at radius 2 is 1.89 bits per heavy atom. The minimum absolute atomic E-state index is 0.0319. The van der Waals surface area contributed by atoms with Gasteiger partial charge in [0.05, 0.1) is 23.1 Å². The molecule has 0 atom stereocenters. The van der Waals surface area contributed by atoms with Gasteiger partial charge in [-0.2, -0.15) is 4.52 Å². The predicted molar refractivity (Wildman–Crippen MR) is 96.5 cm³/mol. The van der Waals surface area contributed by atoms with Crippen molar-refractivity contribution in [2.75, 3.05) is 7.11 Å². The molecule has 27 heavy (non-hydrogen) atoms. The molecular formula is C17H11ClN4O4S. The van der Waals surface area contributed by atoms with E-state index in [9.17, 15) is 13.2 Å². The van der Waals surface area contributed by atoms with Crippen molar-refractivity contribution in [3.05, 3.63) is 59.1 Å². The van der Waals surface area contributed by atoms with Crippen LogP contribution in [0.2, 0.25) is 5.02 Å². The highest BCUT2D eigenvalue weighted by Gasteiger charge is 2.28. The molecule has 8 nitrogen and oxygen atoms in total. The molecule has 2 aromatic heterocycles. The van der Waals surface area contributed by atoms with Gasteiger partial charge in [-0.3, -0.25) is 0 Å². The molecule has 10 heteroatoms. The molecule has 0 radical (unpaired) electrons. The first kappa shape index (κ1) is 17.4. The third kappa shape index (κ3) is 2.71. The van der Waals surface area contributed by atoms with Gasteiger partial charge in [-0.1, -0.05) is 29.8 Å². The van der Waals surface area contributed by atoms with Crippen LogP contribution < -0.4 is 0 Å². The SMILES string of the molecule is COC(=O)c1ccccc1S(=O)(=O)c1cc2ccc(Cl)cc2n2nnnc12. The van der Waals surface area contributed by atoms with E-state index in [2.05, 4.69) is 15.5 Å². The van der Waals surface area contributed by atoms with E-state index >= 15 is 0 Å². The van der Waals surface area contributed by atoms with E-state index in [0.29, 0.717) is 15.9 Å². The van der Waals surface area contributed by atoms with Gasteiger partial charge >= 0.3 is 5.97 Å². The summed E-state index contributed by atoms with van der Waals surface area (Å²) in [5.41, 5.74) is 0.522. The van der Waals surface area contributed by atoms with Crippen LogP contribution in [0.5, 0.6) is 0 Å². The Morgan fingerprint density at radius 1 is 1.11 bits per heavy atom. The van der Waals surface area contributed by atoms with Crippen molar-refractivity contribution >= 4 is 44.0 Å². The minimum atomic E-state index is -4.12. The van der Waals surface area contributed by atoms with Crippen LogP contribution in [0.4, 0.5) is 0 Å². The number of methoxy groups -OCH3 is 1. The molecule has 0 saturated heterocycles. The highest BCUT2D eigenvalue weighted by atomic mass is 35.5. The summed E-state index contributed by atoms with van der Waals surface area (Å²) in [5, 5.41) is 12.3. The quantitative estimate of drug-likeness (QED) is 0.485. The Morgan fingerprint density at radius 3 is 2.67 bits per heavy atom. The number of hydrogen-bond donors (Lipinski definition) is 0. The summed E-state index contributed by atoms with van der Waals surface area (Å²) in [6.07, 6.45) is 0. The lowest BCUT2D eigenvalue weighted by atomic mass is 10.2. The number of esters is 1. The minimum Gasteiger partial charge on any atom is -0.465 e. The molecular weight excluding hydrogens is 392 g/mol. The third-order valence-electron chi connectivity index (χ3n) is 4.07. The number of halogens is 1. The Labute approximate surface area is 158 Å². The zero-order valence-corrected chi connectivity index (χ0v) is 15.4. The van der Waals surface area contributed by atoms with E-state index in [1.807, 2.05) is 0 Å². The number of carbonyl (C=O) groups is 1. The number of hydrogen-bond acceptors (Lipinski definition) is 7. The topological polar surface area (TPSA) is 104 Å². The molecule has 0 aliphatic carbocycles. The van der Waals surface area contributed by atoms with Gasteiger partial charge < -0.3 is 4.74 Å². The first-order valence-corrected chi connectivity index (χ1v) is 9.52. The summed E-state index contributed by atoms with van der Waals surface area (Å²) in [4.78, 5) is 11.7. The van der Waals surface area contributed by atoms with E-state index in [1.54, 1.807) is 24.3 Å². The zero-order valence-electron chi connectivity index (χ0n) is 13.8. The fourth-order valence-corrected chi connectivity index (χ4v) is 4.58. The number of aromatic nitrogens is 4. The van der Waals surface area contributed by atoms with E-state index in [-0.39, 0.29) is 21.0 Å². The van der Waals surface area contributed by atoms with E-state index in [0.717, 1.165) is 0 Å². The fourth-order valence-electron chi connectivity index (χ4n) is 2.83. The normalized spacial score (nSPS) is 11.8. The second-order valence-electron chi connectivity index (χ2n) is 5.62. The average molecular weight is 403 g/mol. The average Bonchev–Trinajstić information content (AvgIpc) is 3.16. The number of fused-ring (bicyclic) bond motifs is 3. The predicted octanol–water partition coefficient (Wildman–Crippen LogP) is 2.55. The summed E-state index contributed by atoms with van der Waals surface area (Å²) in [6, 6.07) is 12.2. The lowest BCUT2D eigenvalue weighted by Gasteiger charge is -2.11. The molecule has 136 valence electrons. The van der Waals surface area contributed by atoms with E-state index in [1.165, 1.54) is 35.9 Å². The van der Waals surface area contributed by atoms with Gasteiger partial charge in [0.1, 0.15) is 4.90 Å². The van der Waals surface area contributed by atoms with Crippen molar-refractivity contribution in [1.29, 1.82) is 0 Å². The van der Waals surface area contributed by atoms with Crippen LogP contribution in [-0.4, -0.2) is 41.5 Å². The molecule has 0 fully saturated rings. The summed E-state index contributed by atoms with van der Waals surface area (Å²) < 4.78 is 32.7. The number of rotatable bonds is 3. The van der Waals surface area contributed by atoms with Crippen LogP contribution in [0.1, 0.15) is 10.4 Å². The molecule has 4 aromatic rings. The maximum absolute atomic E-state index is 13.4. The van der Waals surface area contributed by atoms with Crippen molar-refractivity contribution in [3.8, 4) is 0 Å². The molecule has 4 rings (SSSR count). The van der Waals surface area contributed by atoms with Crippen LogP contribution in [0.15, 0.2) is 58.3 Å². The van der Waals surface area contributed by atoms with E-state index < -0.39 is 15.8 Å². The summed E-state index contributed by atoms with van der Waals surface area (Å²) in [6.45, 7) is 0. The van der Waals surface area contributed by atoms with Gasteiger partial charge in [0.2, 0.25) is 9.84 Å². The molecule has 0 aliphatic rings.